The fourth-order valence-electron chi connectivity index (χ4n) is 2.84. The van der Waals surface area contributed by atoms with Gasteiger partial charge in [0.15, 0.2) is 0 Å². The summed E-state index contributed by atoms with van der Waals surface area (Å²) in [4.78, 5) is 36.6. The molecule has 3 rings (SSSR count). The van der Waals surface area contributed by atoms with Crippen molar-refractivity contribution >= 4 is 33.5 Å². The largest absolute Gasteiger partial charge is 0.462 e. The summed E-state index contributed by atoms with van der Waals surface area (Å²) < 4.78 is 30.8. The van der Waals surface area contributed by atoms with E-state index < -0.39 is 33.8 Å². The zero-order valence-corrected chi connectivity index (χ0v) is 16.0. The molecule has 2 amide bonds. The molecule has 28 heavy (non-hydrogen) atoms. The molecule has 146 valence electrons. The first-order valence-corrected chi connectivity index (χ1v) is 9.97. The van der Waals surface area contributed by atoms with Crippen LogP contribution in [0.5, 0.6) is 0 Å². The highest BCUT2D eigenvalue weighted by Crippen LogP contribution is 2.31. The van der Waals surface area contributed by atoms with Crippen molar-refractivity contribution in [2.45, 2.75) is 24.8 Å². The third-order valence-electron chi connectivity index (χ3n) is 4.25. The molecule has 0 saturated carbocycles. The van der Waals surface area contributed by atoms with Gasteiger partial charge in [0, 0.05) is 5.69 Å². The van der Waals surface area contributed by atoms with E-state index in [0.717, 1.165) is 0 Å². The molecule has 0 spiro atoms. The Morgan fingerprint density at radius 1 is 1.11 bits per heavy atom. The fourth-order valence-corrected chi connectivity index (χ4v) is 4.57. The minimum Gasteiger partial charge on any atom is -0.462 e. The predicted molar refractivity (Wildman–Crippen MR) is 100 cm³/mol. The van der Waals surface area contributed by atoms with Crippen LogP contribution in [0.4, 0.5) is 5.69 Å². The molecular formula is C19H18N2O6S. The Balaban J connectivity index is 1.77. The molecule has 2 aromatic carbocycles. The molecule has 1 atom stereocenters. The Labute approximate surface area is 162 Å². The Morgan fingerprint density at radius 2 is 1.75 bits per heavy atom. The summed E-state index contributed by atoms with van der Waals surface area (Å²) in [5, 5.41) is 2.55. The maximum atomic E-state index is 12.6. The van der Waals surface area contributed by atoms with E-state index in [2.05, 4.69) is 5.32 Å². The van der Waals surface area contributed by atoms with Crippen molar-refractivity contribution in [3.63, 3.8) is 0 Å². The number of sulfonamides is 1. The van der Waals surface area contributed by atoms with Gasteiger partial charge in [-0.1, -0.05) is 12.1 Å². The van der Waals surface area contributed by atoms with Crippen LogP contribution in [0.25, 0.3) is 0 Å². The van der Waals surface area contributed by atoms with Gasteiger partial charge in [-0.05, 0) is 50.2 Å². The van der Waals surface area contributed by atoms with Crippen molar-refractivity contribution in [3.05, 3.63) is 59.7 Å². The Hall–Kier alpha value is -3.20. The Morgan fingerprint density at radius 3 is 2.36 bits per heavy atom. The zero-order chi connectivity index (χ0) is 20.5. The number of hydrogen-bond donors (Lipinski definition) is 1. The standard InChI is InChI=1S/C19H18N2O6S/c1-3-27-19(24)13-8-10-14(11-9-13)20-17(22)12(2)21-18(23)15-6-4-5-7-16(15)28(21,25)26/h4-12H,3H2,1-2H3,(H,20,22). The molecule has 0 saturated heterocycles. The molecule has 1 aliphatic rings. The number of ether oxygens (including phenoxy) is 1. The number of rotatable bonds is 5. The number of esters is 1. The first-order chi connectivity index (χ1) is 13.3. The first kappa shape index (κ1) is 19.6. The number of nitrogens with one attached hydrogen (secondary N) is 1. The van der Waals surface area contributed by atoms with Gasteiger partial charge < -0.3 is 10.1 Å². The minimum absolute atomic E-state index is 0.0425. The van der Waals surface area contributed by atoms with Crippen LogP contribution in [0.2, 0.25) is 0 Å². The van der Waals surface area contributed by atoms with Gasteiger partial charge in [0.1, 0.15) is 10.9 Å². The highest BCUT2D eigenvalue weighted by Gasteiger charge is 2.45. The van der Waals surface area contributed by atoms with Crippen LogP contribution < -0.4 is 5.32 Å². The number of hydrogen-bond acceptors (Lipinski definition) is 6. The number of carbonyl (C=O) groups is 3. The molecular weight excluding hydrogens is 384 g/mol. The molecule has 1 N–H and O–H groups in total. The van der Waals surface area contributed by atoms with Crippen molar-refractivity contribution in [3.8, 4) is 0 Å². The van der Waals surface area contributed by atoms with Crippen LogP contribution in [0.15, 0.2) is 53.4 Å². The molecule has 0 bridgehead atoms. The molecule has 1 aliphatic heterocycles. The third-order valence-corrected chi connectivity index (χ3v) is 6.16. The number of amides is 2. The lowest BCUT2D eigenvalue weighted by Crippen LogP contribution is -2.45. The summed E-state index contributed by atoms with van der Waals surface area (Å²) in [6.45, 7) is 3.28. The van der Waals surface area contributed by atoms with Crippen molar-refractivity contribution in [2.24, 2.45) is 0 Å². The monoisotopic (exact) mass is 402 g/mol. The second kappa shape index (κ2) is 7.43. The smallest absolute Gasteiger partial charge is 0.338 e. The summed E-state index contributed by atoms with van der Waals surface area (Å²) in [5.74, 6) is -1.90. The normalized spacial score (nSPS) is 15.6. The zero-order valence-electron chi connectivity index (χ0n) is 15.2. The molecule has 1 unspecified atom stereocenters. The quantitative estimate of drug-likeness (QED) is 0.767. The number of carbonyl (C=O) groups excluding carboxylic acids is 3. The van der Waals surface area contributed by atoms with Gasteiger partial charge in [0.2, 0.25) is 5.91 Å². The van der Waals surface area contributed by atoms with E-state index in [4.69, 9.17) is 4.74 Å². The molecule has 0 aromatic heterocycles. The highest BCUT2D eigenvalue weighted by atomic mass is 32.2. The summed E-state index contributed by atoms with van der Waals surface area (Å²) in [6.07, 6.45) is 0. The number of nitrogens with zero attached hydrogens (tertiary/aromatic N) is 1. The van der Waals surface area contributed by atoms with Crippen molar-refractivity contribution < 1.29 is 27.5 Å². The van der Waals surface area contributed by atoms with Crippen LogP contribution in [0.1, 0.15) is 34.6 Å². The van der Waals surface area contributed by atoms with E-state index >= 15 is 0 Å². The molecule has 0 radical (unpaired) electrons. The van der Waals surface area contributed by atoms with Gasteiger partial charge in [-0.15, -0.1) is 0 Å². The molecule has 1 heterocycles. The van der Waals surface area contributed by atoms with Gasteiger partial charge in [-0.3, -0.25) is 9.59 Å². The maximum absolute atomic E-state index is 12.6. The van der Waals surface area contributed by atoms with E-state index in [1.807, 2.05) is 0 Å². The Bertz CT molecular complexity index is 1050. The lowest BCUT2D eigenvalue weighted by Gasteiger charge is -2.22. The second-order valence-corrected chi connectivity index (χ2v) is 7.85. The highest BCUT2D eigenvalue weighted by molar-refractivity contribution is 7.90. The topological polar surface area (TPSA) is 110 Å². The van der Waals surface area contributed by atoms with E-state index in [-0.39, 0.29) is 17.1 Å². The first-order valence-electron chi connectivity index (χ1n) is 8.53. The average Bonchev–Trinajstić information content (AvgIpc) is 2.88. The second-order valence-electron chi connectivity index (χ2n) is 6.07. The predicted octanol–water partition coefficient (Wildman–Crippen LogP) is 2.04. The molecule has 0 fully saturated rings. The van der Waals surface area contributed by atoms with Gasteiger partial charge in [0.05, 0.1) is 17.7 Å². The third kappa shape index (κ3) is 3.36. The van der Waals surface area contributed by atoms with Crippen LogP contribution >= 0.6 is 0 Å². The van der Waals surface area contributed by atoms with Gasteiger partial charge in [-0.25, -0.2) is 17.5 Å². The average molecular weight is 402 g/mol. The van der Waals surface area contributed by atoms with Gasteiger partial charge in [-0.2, -0.15) is 0 Å². The fraction of sp³-hybridized carbons (Fsp3) is 0.211. The van der Waals surface area contributed by atoms with Crippen LogP contribution in [-0.2, 0) is 19.6 Å². The number of benzene rings is 2. The summed E-state index contributed by atoms with van der Waals surface area (Å²) >= 11 is 0. The molecule has 8 nitrogen and oxygen atoms in total. The Kier molecular flexibility index (Phi) is 5.19. The van der Waals surface area contributed by atoms with Crippen LogP contribution in [-0.4, -0.2) is 43.2 Å². The summed E-state index contributed by atoms with van der Waals surface area (Å²) in [5.41, 5.74) is 0.716. The maximum Gasteiger partial charge on any atom is 0.338 e. The lowest BCUT2D eigenvalue weighted by molar-refractivity contribution is -0.118. The lowest BCUT2D eigenvalue weighted by atomic mass is 10.2. The minimum atomic E-state index is -4.09. The van der Waals surface area contributed by atoms with E-state index in [1.165, 1.54) is 49.4 Å². The molecule has 0 aliphatic carbocycles. The van der Waals surface area contributed by atoms with E-state index in [1.54, 1.807) is 13.0 Å². The molecule has 2 aromatic rings. The number of fused-ring (bicyclic) bond motifs is 1. The van der Waals surface area contributed by atoms with Crippen LogP contribution in [0, 0.1) is 0 Å². The van der Waals surface area contributed by atoms with E-state index in [9.17, 15) is 22.8 Å². The van der Waals surface area contributed by atoms with E-state index in [0.29, 0.717) is 15.6 Å². The van der Waals surface area contributed by atoms with Crippen LogP contribution in [0.3, 0.4) is 0 Å². The van der Waals surface area contributed by atoms with Gasteiger partial charge >= 0.3 is 5.97 Å². The van der Waals surface area contributed by atoms with Gasteiger partial charge in [0.25, 0.3) is 15.9 Å². The van der Waals surface area contributed by atoms with Crippen molar-refractivity contribution in [1.82, 2.24) is 4.31 Å². The number of anilines is 1. The van der Waals surface area contributed by atoms with Crippen molar-refractivity contribution in [1.29, 1.82) is 0 Å². The summed E-state index contributed by atoms with van der Waals surface area (Å²) in [6, 6.07) is 10.5. The SMILES string of the molecule is CCOC(=O)c1ccc(NC(=O)C(C)N2C(=O)c3ccccc3S2(=O)=O)cc1. The molecule has 9 heteroatoms. The van der Waals surface area contributed by atoms with Crippen molar-refractivity contribution in [2.75, 3.05) is 11.9 Å². The summed E-state index contributed by atoms with van der Waals surface area (Å²) in [7, 11) is -4.09.